The first-order chi connectivity index (χ1) is 8.74. The van der Waals surface area contributed by atoms with Crippen LogP contribution in [0.4, 0.5) is 0 Å². The monoisotopic (exact) mass is 266 g/mol. The van der Waals surface area contributed by atoms with Crippen molar-refractivity contribution in [2.24, 2.45) is 11.5 Å². The molecule has 0 saturated heterocycles. The highest BCUT2D eigenvalue weighted by atomic mass is 14.7. The lowest BCUT2D eigenvalue weighted by Gasteiger charge is -2.13. The van der Waals surface area contributed by atoms with E-state index in [1.54, 1.807) is 13.8 Å². The molecule has 0 bridgehead atoms. The fraction of sp³-hybridized carbons (Fsp3) is 0.867. The molecule has 4 nitrogen and oxygen atoms in total. The van der Waals surface area contributed by atoms with Crippen LogP contribution in [0.5, 0.6) is 0 Å². The first kappa shape index (κ1) is 20.2. The molecule has 0 saturated carbocycles. The van der Waals surface area contributed by atoms with E-state index in [1.807, 2.05) is 13.0 Å². The SMILES string of the molecule is CCCC(C)(N)C#N.CCCCCCC(C)(N)C#N. The van der Waals surface area contributed by atoms with E-state index >= 15 is 0 Å². The molecule has 2 unspecified atom stereocenters. The van der Waals surface area contributed by atoms with Gasteiger partial charge in [-0.2, -0.15) is 10.5 Å². The summed E-state index contributed by atoms with van der Waals surface area (Å²) in [4.78, 5) is 0. The zero-order valence-electron chi connectivity index (χ0n) is 13.0. The molecule has 0 aliphatic carbocycles. The lowest BCUT2D eigenvalue weighted by atomic mass is 9.97. The Morgan fingerprint density at radius 3 is 1.58 bits per heavy atom. The van der Waals surface area contributed by atoms with Gasteiger partial charge in [-0.25, -0.2) is 0 Å². The molecule has 0 heterocycles. The van der Waals surface area contributed by atoms with Crippen molar-refractivity contribution in [2.75, 3.05) is 0 Å². The quantitative estimate of drug-likeness (QED) is 0.691. The highest BCUT2D eigenvalue weighted by molar-refractivity contribution is 5.00. The van der Waals surface area contributed by atoms with Crippen LogP contribution in [-0.2, 0) is 0 Å². The van der Waals surface area contributed by atoms with E-state index in [0.29, 0.717) is 0 Å². The highest BCUT2D eigenvalue weighted by Crippen LogP contribution is 2.11. The van der Waals surface area contributed by atoms with Crippen molar-refractivity contribution >= 4 is 0 Å². The fourth-order valence-electron chi connectivity index (χ4n) is 1.55. The molecule has 0 aliphatic rings. The van der Waals surface area contributed by atoms with Gasteiger partial charge in [0.15, 0.2) is 0 Å². The van der Waals surface area contributed by atoms with Crippen molar-refractivity contribution in [3.8, 4) is 12.1 Å². The minimum Gasteiger partial charge on any atom is -0.314 e. The third kappa shape index (κ3) is 14.8. The lowest BCUT2D eigenvalue weighted by molar-refractivity contribution is 0.499. The van der Waals surface area contributed by atoms with Crippen LogP contribution in [0, 0.1) is 22.7 Å². The minimum absolute atomic E-state index is 0.602. The molecule has 0 aromatic rings. The first-order valence-corrected chi connectivity index (χ1v) is 7.15. The molecule has 110 valence electrons. The molecule has 0 fully saturated rings. The summed E-state index contributed by atoms with van der Waals surface area (Å²) in [6, 6.07) is 4.12. The molecular weight excluding hydrogens is 236 g/mol. The van der Waals surface area contributed by atoms with Crippen LogP contribution in [0.15, 0.2) is 0 Å². The molecule has 4 heteroatoms. The first-order valence-electron chi connectivity index (χ1n) is 7.15. The standard InChI is InChI=1S/C9H18N2.C6H12N2/c1-3-4-5-6-7-9(2,11)8-10;1-3-4-6(2,8)5-7/h3-7,11H2,1-2H3;3-4,8H2,1-2H3. The Labute approximate surface area is 118 Å². The van der Waals surface area contributed by atoms with Crippen molar-refractivity contribution in [1.29, 1.82) is 10.5 Å². The summed E-state index contributed by atoms with van der Waals surface area (Å²) in [7, 11) is 0. The van der Waals surface area contributed by atoms with Gasteiger partial charge in [0, 0.05) is 0 Å². The number of unbranched alkanes of at least 4 members (excludes halogenated alkanes) is 3. The third-order valence-electron chi connectivity index (χ3n) is 2.83. The highest BCUT2D eigenvalue weighted by Gasteiger charge is 2.15. The molecule has 0 aromatic heterocycles. The van der Waals surface area contributed by atoms with Crippen LogP contribution in [-0.4, -0.2) is 11.1 Å². The molecule has 19 heavy (non-hydrogen) atoms. The Hall–Kier alpha value is -1.10. The summed E-state index contributed by atoms with van der Waals surface area (Å²) in [5.74, 6) is 0. The number of hydrogen-bond acceptors (Lipinski definition) is 4. The maximum atomic E-state index is 8.58. The van der Waals surface area contributed by atoms with Gasteiger partial charge in [0.1, 0.15) is 11.1 Å². The van der Waals surface area contributed by atoms with E-state index in [2.05, 4.69) is 13.0 Å². The van der Waals surface area contributed by atoms with Gasteiger partial charge in [-0.3, -0.25) is 0 Å². The van der Waals surface area contributed by atoms with E-state index < -0.39 is 11.1 Å². The zero-order valence-corrected chi connectivity index (χ0v) is 13.0. The molecule has 2 atom stereocenters. The number of nitrogens with zero attached hydrogens (tertiary/aromatic N) is 2. The van der Waals surface area contributed by atoms with Crippen molar-refractivity contribution in [1.82, 2.24) is 0 Å². The average Bonchev–Trinajstić information content (AvgIpc) is 2.36. The number of rotatable bonds is 7. The second-order valence-electron chi connectivity index (χ2n) is 5.62. The van der Waals surface area contributed by atoms with Gasteiger partial charge >= 0.3 is 0 Å². The molecular formula is C15H30N4. The van der Waals surface area contributed by atoms with Gasteiger partial charge in [-0.05, 0) is 26.7 Å². The van der Waals surface area contributed by atoms with E-state index in [9.17, 15) is 0 Å². The predicted molar refractivity (Wildman–Crippen MR) is 80.1 cm³/mol. The zero-order chi connectivity index (χ0) is 15.4. The van der Waals surface area contributed by atoms with E-state index in [0.717, 1.165) is 25.7 Å². The van der Waals surface area contributed by atoms with Crippen LogP contribution in [0.2, 0.25) is 0 Å². The van der Waals surface area contributed by atoms with Crippen molar-refractivity contribution in [3.05, 3.63) is 0 Å². The van der Waals surface area contributed by atoms with E-state index in [-0.39, 0.29) is 0 Å². The Morgan fingerprint density at radius 2 is 1.26 bits per heavy atom. The van der Waals surface area contributed by atoms with E-state index in [1.165, 1.54) is 19.3 Å². The van der Waals surface area contributed by atoms with Gasteiger partial charge in [-0.15, -0.1) is 0 Å². The maximum absolute atomic E-state index is 8.58. The maximum Gasteiger partial charge on any atom is 0.101 e. The van der Waals surface area contributed by atoms with Crippen LogP contribution in [0.1, 0.15) is 72.6 Å². The Morgan fingerprint density at radius 1 is 0.789 bits per heavy atom. The van der Waals surface area contributed by atoms with Crippen LogP contribution in [0.25, 0.3) is 0 Å². The summed E-state index contributed by atoms with van der Waals surface area (Å²) < 4.78 is 0. The Balaban J connectivity index is 0. The van der Waals surface area contributed by atoms with Gasteiger partial charge in [0.2, 0.25) is 0 Å². The van der Waals surface area contributed by atoms with Crippen LogP contribution in [0.3, 0.4) is 0 Å². The van der Waals surface area contributed by atoms with Crippen LogP contribution >= 0.6 is 0 Å². The molecule has 0 amide bonds. The van der Waals surface area contributed by atoms with Gasteiger partial charge in [-0.1, -0.05) is 46.0 Å². The second-order valence-corrected chi connectivity index (χ2v) is 5.62. The molecule has 0 rings (SSSR count). The molecule has 0 radical (unpaired) electrons. The Kier molecular flexibility index (Phi) is 11.5. The van der Waals surface area contributed by atoms with Crippen molar-refractivity contribution in [3.63, 3.8) is 0 Å². The summed E-state index contributed by atoms with van der Waals surface area (Å²) in [5.41, 5.74) is 9.90. The van der Waals surface area contributed by atoms with Gasteiger partial charge < -0.3 is 11.5 Å². The fourth-order valence-corrected chi connectivity index (χ4v) is 1.55. The molecule has 0 aliphatic heterocycles. The van der Waals surface area contributed by atoms with Crippen LogP contribution < -0.4 is 11.5 Å². The van der Waals surface area contributed by atoms with Crippen molar-refractivity contribution in [2.45, 2.75) is 83.7 Å². The van der Waals surface area contributed by atoms with Crippen molar-refractivity contribution < 1.29 is 0 Å². The minimum atomic E-state index is -0.603. The predicted octanol–water partition coefficient (Wildman–Crippen LogP) is 3.23. The molecule has 0 spiro atoms. The summed E-state index contributed by atoms with van der Waals surface area (Å²) in [5, 5.41) is 16.9. The number of nitrogens with two attached hydrogens (primary N) is 2. The topological polar surface area (TPSA) is 99.6 Å². The molecule has 0 aromatic carbocycles. The smallest absolute Gasteiger partial charge is 0.101 e. The largest absolute Gasteiger partial charge is 0.314 e. The number of hydrogen-bond donors (Lipinski definition) is 2. The Bertz CT molecular complexity index is 294. The average molecular weight is 266 g/mol. The normalized spacial score (nSPS) is 16.0. The van der Waals surface area contributed by atoms with E-state index in [4.69, 9.17) is 22.0 Å². The summed E-state index contributed by atoms with van der Waals surface area (Å²) in [6.07, 6.45) is 7.34. The van der Waals surface area contributed by atoms with Gasteiger partial charge in [0.05, 0.1) is 12.1 Å². The summed E-state index contributed by atoms with van der Waals surface area (Å²) in [6.45, 7) is 7.73. The lowest BCUT2D eigenvalue weighted by Crippen LogP contribution is -2.33. The van der Waals surface area contributed by atoms with Gasteiger partial charge in [0.25, 0.3) is 0 Å². The second kappa shape index (κ2) is 10.8. The third-order valence-corrected chi connectivity index (χ3v) is 2.83. The summed E-state index contributed by atoms with van der Waals surface area (Å²) >= 11 is 0. The molecule has 4 N–H and O–H groups in total. The number of nitriles is 2.